The molecule has 0 aliphatic carbocycles. The second-order valence-corrected chi connectivity index (χ2v) is 5.16. The van der Waals surface area contributed by atoms with Gasteiger partial charge in [0.1, 0.15) is 0 Å². The predicted octanol–water partition coefficient (Wildman–Crippen LogP) is 2.68. The number of amides is 3. The molecule has 3 amide bonds. The van der Waals surface area contributed by atoms with Crippen LogP contribution in [0.3, 0.4) is 0 Å². The predicted molar refractivity (Wildman–Crippen MR) is 87.2 cm³/mol. The summed E-state index contributed by atoms with van der Waals surface area (Å²) < 4.78 is 0. The van der Waals surface area contributed by atoms with E-state index in [0.717, 1.165) is 10.5 Å². The molecule has 1 heterocycles. The molecule has 0 saturated carbocycles. The summed E-state index contributed by atoms with van der Waals surface area (Å²) in [6, 6.07) is 13.9. The van der Waals surface area contributed by atoms with Gasteiger partial charge in [-0.15, -0.1) is 0 Å². The first-order valence-corrected chi connectivity index (χ1v) is 7.09. The Hall–Kier alpha value is -3.21. The number of carbonyl (C=O) groups is 3. The van der Waals surface area contributed by atoms with Crippen molar-refractivity contribution >= 4 is 29.1 Å². The molecule has 23 heavy (non-hydrogen) atoms. The van der Waals surface area contributed by atoms with Crippen LogP contribution < -0.4 is 10.2 Å². The maximum atomic E-state index is 12.2. The molecular weight excluding hydrogens is 292 g/mol. The third kappa shape index (κ3) is 2.89. The van der Waals surface area contributed by atoms with Gasteiger partial charge in [0.05, 0.1) is 5.69 Å². The SMILES string of the molecule is Cc1cc(N2C(=O)C=CC2=O)ccc1NC(=O)c1ccccc1. The van der Waals surface area contributed by atoms with Gasteiger partial charge in [0.15, 0.2) is 0 Å². The Morgan fingerprint density at radius 1 is 0.957 bits per heavy atom. The van der Waals surface area contributed by atoms with Gasteiger partial charge in [-0.1, -0.05) is 18.2 Å². The van der Waals surface area contributed by atoms with Gasteiger partial charge in [0.25, 0.3) is 17.7 Å². The minimum absolute atomic E-state index is 0.212. The maximum absolute atomic E-state index is 12.2. The number of carbonyl (C=O) groups excluding carboxylic acids is 3. The van der Waals surface area contributed by atoms with Gasteiger partial charge in [-0.3, -0.25) is 14.4 Å². The first-order valence-electron chi connectivity index (χ1n) is 7.09. The normalized spacial score (nSPS) is 13.5. The van der Waals surface area contributed by atoms with Crippen molar-refractivity contribution in [3.05, 3.63) is 71.8 Å². The molecule has 1 aliphatic heterocycles. The van der Waals surface area contributed by atoms with Gasteiger partial charge in [-0.25, -0.2) is 4.90 Å². The third-order valence-corrected chi connectivity index (χ3v) is 3.56. The lowest BCUT2D eigenvalue weighted by Crippen LogP contribution is -2.29. The van der Waals surface area contributed by atoms with Crippen LogP contribution in [0.1, 0.15) is 15.9 Å². The summed E-state index contributed by atoms with van der Waals surface area (Å²) in [6.45, 7) is 1.81. The van der Waals surface area contributed by atoms with Gasteiger partial charge in [0.2, 0.25) is 0 Å². The van der Waals surface area contributed by atoms with Crippen LogP contribution in [0.4, 0.5) is 11.4 Å². The van der Waals surface area contributed by atoms with E-state index in [1.165, 1.54) is 12.2 Å². The Balaban J connectivity index is 1.82. The molecule has 0 bridgehead atoms. The molecule has 0 aromatic heterocycles. The van der Waals surface area contributed by atoms with Crippen LogP contribution >= 0.6 is 0 Å². The molecule has 1 aliphatic rings. The minimum Gasteiger partial charge on any atom is -0.322 e. The lowest BCUT2D eigenvalue weighted by atomic mass is 10.1. The van der Waals surface area contributed by atoms with Crippen molar-refractivity contribution in [1.29, 1.82) is 0 Å². The number of nitrogens with one attached hydrogen (secondary N) is 1. The molecule has 114 valence electrons. The number of rotatable bonds is 3. The molecular formula is C18H14N2O3. The van der Waals surface area contributed by atoms with Crippen LogP contribution in [0.15, 0.2) is 60.7 Å². The highest BCUT2D eigenvalue weighted by molar-refractivity contribution is 6.28. The highest BCUT2D eigenvalue weighted by Crippen LogP contribution is 2.25. The summed E-state index contributed by atoms with van der Waals surface area (Å²) in [5.41, 5.74) is 2.44. The number of hydrogen-bond acceptors (Lipinski definition) is 3. The standard InChI is InChI=1S/C18H14N2O3/c1-12-11-14(20-16(21)9-10-17(20)22)7-8-15(12)19-18(23)13-5-3-2-4-6-13/h2-11H,1H3,(H,19,23). The fraction of sp³-hybridized carbons (Fsp3) is 0.0556. The largest absolute Gasteiger partial charge is 0.322 e. The molecule has 0 saturated heterocycles. The maximum Gasteiger partial charge on any atom is 0.258 e. The van der Waals surface area contributed by atoms with Crippen molar-refractivity contribution in [2.75, 3.05) is 10.2 Å². The number of imide groups is 1. The number of benzene rings is 2. The molecule has 0 unspecified atom stereocenters. The molecule has 0 fully saturated rings. The van der Waals surface area contributed by atoms with Crippen molar-refractivity contribution in [1.82, 2.24) is 0 Å². The van der Waals surface area contributed by atoms with Crippen LogP contribution in [0, 0.1) is 6.92 Å². The average molecular weight is 306 g/mol. The summed E-state index contributed by atoms with van der Waals surface area (Å²) in [5.74, 6) is -0.942. The van der Waals surface area contributed by atoms with E-state index in [-0.39, 0.29) is 17.7 Å². The van der Waals surface area contributed by atoms with E-state index in [0.29, 0.717) is 16.9 Å². The van der Waals surface area contributed by atoms with Crippen molar-refractivity contribution in [2.45, 2.75) is 6.92 Å². The van der Waals surface area contributed by atoms with Crippen molar-refractivity contribution in [3.63, 3.8) is 0 Å². The zero-order chi connectivity index (χ0) is 16.4. The van der Waals surface area contributed by atoms with Gasteiger partial charge >= 0.3 is 0 Å². The van der Waals surface area contributed by atoms with Crippen molar-refractivity contribution < 1.29 is 14.4 Å². The zero-order valence-corrected chi connectivity index (χ0v) is 12.4. The number of hydrogen-bond donors (Lipinski definition) is 1. The average Bonchev–Trinajstić information content (AvgIpc) is 2.89. The van der Waals surface area contributed by atoms with E-state index >= 15 is 0 Å². The fourth-order valence-electron chi connectivity index (χ4n) is 2.37. The Labute approximate surface area is 133 Å². The topological polar surface area (TPSA) is 66.5 Å². The van der Waals surface area contributed by atoms with E-state index in [4.69, 9.17) is 0 Å². The number of aryl methyl sites for hydroxylation is 1. The molecule has 3 rings (SSSR count). The first-order chi connectivity index (χ1) is 11.1. The summed E-state index contributed by atoms with van der Waals surface area (Å²) in [7, 11) is 0. The Morgan fingerprint density at radius 3 is 2.22 bits per heavy atom. The van der Waals surface area contributed by atoms with E-state index < -0.39 is 0 Å². The Bertz CT molecular complexity index is 807. The van der Waals surface area contributed by atoms with Crippen LogP contribution in [0.25, 0.3) is 0 Å². The summed E-state index contributed by atoms with van der Waals surface area (Å²) in [4.78, 5) is 36.7. The van der Waals surface area contributed by atoms with Gasteiger partial charge < -0.3 is 5.32 Å². The zero-order valence-electron chi connectivity index (χ0n) is 12.4. The smallest absolute Gasteiger partial charge is 0.258 e. The summed E-state index contributed by atoms with van der Waals surface area (Å²) >= 11 is 0. The Kier molecular flexibility index (Phi) is 3.76. The van der Waals surface area contributed by atoms with Crippen LogP contribution in [0.2, 0.25) is 0 Å². The van der Waals surface area contributed by atoms with Gasteiger partial charge in [0, 0.05) is 23.4 Å². The lowest BCUT2D eigenvalue weighted by molar-refractivity contribution is -0.119. The number of anilines is 2. The van der Waals surface area contributed by atoms with Crippen molar-refractivity contribution in [3.8, 4) is 0 Å². The number of nitrogens with zero attached hydrogens (tertiary/aromatic N) is 1. The molecule has 5 nitrogen and oxygen atoms in total. The highest BCUT2D eigenvalue weighted by Gasteiger charge is 2.25. The van der Waals surface area contributed by atoms with E-state index in [1.807, 2.05) is 13.0 Å². The van der Waals surface area contributed by atoms with Gasteiger partial charge in [-0.2, -0.15) is 0 Å². The molecule has 0 radical (unpaired) electrons. The molecule has 1 N–H and O–H groups in total. The van der Waals surface area contributed by atoms with Crippen LogP contribution in [0.5, 0.6) is 0 Å². The minimum atomic E-state index is -0.365. The summed E-state index contributed by atoms with van der Waals surface area (Å²) in [6.07, 6.45) is 2.48. The Morgan fingerprint density at radius 2 is 1.61 bits per heavy atom. The highest BCUT2D eigenvalue weighted by atomic mass is 16.2. The monoisotopic (exact) mass is 306 g/mol. The summed E-state index contributed by atoms with van der Waals surface area (Å²) in [5, 5.41) is 2.82. The van der Waals surface area contributed by atoms with E-state index in [1.54, 1.807) is 42.5 Å². The fourth-order valence-corrected chi connectivity index (χ4v) is 2.37. The third-order valence-electron chi connectivity index (χ3n) is 3.56. The van der Waals surface area contributed by atoms with E-state index in [2.05, 4.69) is 5.32 Å². The molecule has 5 heteroatoms. The quantitative estimate of drug-likeness (QED) is 0.887. The molecule has 2 aromatic rings. The van der Waals surface area contributed by atoms with Crippen LogP contribution in [-0.4, -0.2) is 17.7 Å². The van der Waals surface area contributed by atoms with E-state index in [9.17, 15) is 14.4 Å². The first kappa shape index (κ1) is 14.7. The van der Waals surface area contributed by atoms with Crippen LogP contribution in [-0.2, 0) is 9.59 Å². The molecule has 0 atom stereocenters. The molecule has 0 spiro atoms. The second kappa shape index (κ2) is 5.88. The van der Waals surface area contributed by atoms with Crippen molar-refractivity contribution in [2.24, 2.45) is 0 Å². The van der Waals surface area contributed by atoms with Gasteiger partial charge in [-0.05, 0) is 42.8 Å². The lowest BCUT2D eigenvalue weighted by Gasteiger charge is -2.16. The molecule has 2 aromatic carbocycles. The second-order valence-electron chi connectivity index (χ2n) is 5.16.